The van der Waals surface area contributed by atoms with Crippen LogP contribution < -0.4 is 0 Å². The second-order valence-corrected chi connectivity index (χ2v) is 7.45. The fourth-order valence-electron chi connectivity index (χ4n) is 3.87. The topological polar surface area (TPSA) is 83.8 Å². The summed E-state index contributed by atoms with van der Waals surface area (Å²) < 4.78 is 15.4. The molecule has 0 bridgehead atoms. The summed E-state index contributed by atoms with van der Waals surface area (Å²) in [6, 6.07) is 13.4. The molecule has 0 atom stereocenters. The Labute approximate surface area is 175 Å². The van der Waals surface area contributed by atoms with E-state index in [2.05, 4.69) is 20.2 Å². The molecule has 0 aliphatic carbocycles. The van der Waals surface area contributed by atoms with Crippen molar-refractivity contribution in [2.24, 2.45) is 0 Å². The molecule has 0 N–H and O–H groups in total. The van der Waals surface area contributed by atoms with E-state index in [9.17, 15) is 0 Å². The van der Waals surface area contributed by atoms with Gasteiger partial charge in [0.25, 0.3) is 0 Å². The van der Waals surface area contributed by atoms with Crippen LogP contribution in [0.15, 0.2) is 53.2 Å². The summed E-state index contributed by atoms with van der Waals surface area (Å²) in [5, 5.41) is 9.37. The Bertz CT molecular complexity index is 1380. The Hall–Kier alpha value is -3.49. The second-order valence-electron chi connectivity index (χ2n) is 7.02. The fourth-order valence-corrected chi connectivity index (χ4v) is 4.04. The Morgan fingerprint density at radius 1 is 1.17 bits per heavy atom. The van der Waals surface area contributed by atoms with Gasteiger partial charge in [-0.2, -0.15) is 0 Å². The van der Waals surface area contributed by atoms with Crippen LogP contribution in [0.1, 0.15) is 11.5 Å². The lowest BCUT2D eigenvalue weighted by Gasteiger charge is -2.08. The van der Waals surface area contributed by atoms with E-state index in [1.165, 1.54) is 0 Å². The molecule has 9 heteroatoms. The van der Waals surface area contributed by atoms with E-state index < -0.39 is 0 Å². The van der Waals surface area contributed by atoms with Crippen LogP contribution in [0.25, 0.3) is 39.8 Å². The van der Waals surface area contributed by atoms with Gasteiger partial charge in [-0.3, -0.25) is 4.57 Å². The molecule has 3 aromatic heterocycles. The summed E-state index contributed by atoms with van der Waals surface area (Å²) >= 11 is 6.31. The van der Waals surface area contributed by atoms with Gasteiger partial charge in [0, 0.05) is 17.7 Å². The molecule has 5 aromatic rings. The molecule has 0 saturated heterocycles. The maximum atomic E-state index is 6.31. The predicted octanol–water partition coefficient (Wildman–Crippen LogP) is 4.10. The van der Waals surface area contributed by atoms with E-state index in [1.54, 1.807) is 13.4 Å². The van der Waals surface area contributed by atoms with Gasteiger partial charge in [-0.25, -0.2) is 9.97 Å². The van der Waals surface area contributed by atoms with Crippen LogP contribution in [0.2, 0.25) is 5.02 Å². The minimum atomic E-state index is 0.343. The molecule has 4 heterocycles. The first-order valence-electron chi connectivity index (χ1n) is 9.36. The monoisotopic (exact) mass is 418 g/mol. The minimum absolute atomic E-state index is 0.343. The molecule has 1 aliphatic heterocycles. The molecule has 30 heavy (non-hydrogen) atoms. The number of hydrogen-bond donors (Lipinski definition) is 0. The normalized spacial score (nSPS) is 12.5. The standard InChI is InChI=1S/C21H15ClN6O2/c1-29-10-18-25-26-20-13-8-12(22)6-7-15(13)28-11-23-19(16(28)9-27(18)20)21-24-14-4-2-3-5-17(14)30-21/h2-8,11H,9-10H2,1H3. The highest BCUT2D eigenvalue weighted by Gasteiger charge is 2.28. The van der Waals surface area contributed by atoms with Crippen molar-refractivity contribution < 1.29 is 9.15 Å². The Morgan fingerprint density at radius 2 is 2.07 bits per heavy atom. The number of imidazole rings is 1. The maximum Gasteiger partial charge on any atom is 0.248 e. The molecule has 8 nitrogen and oxygen atoms in total. The Balaban J connectivity index is 1.61. The number of aromatic nitrogens is 6. The van der Waals surface area contributed by atoms with E-state index >= 15 is 0 Å². The average molecular weight is 419 g/mol. The van der Waals surface area contributed by atoms with Crippen LogP contribution in [0.5, 0.6) is 0 Å². The van der Waals surface area contributed by atoms with Gasteiger partial charge in [-0.1, -0.05) is 23.7 Å². The molecule has 0 amide bonds. The van der Waals surface area contributed by atoms with E-state index in [0.29, 0.717) is 29.8 Å². The van der Waals surface area contributed by atoms with E-state index in [-0.39, 0.29) is 0 Å². The number of para-hydroxylation sites is 2. The lowest BCUT2D eigenvalue weighted by molar-refractivity contribution is 0.174. The fraction of sp³-hybridized carbons (Fsp3) is 0.143. The van der Waals surface area contributed by atoms with Crippen molar-refractivity contribution in [3.63, 3.8) is 0 Å². The van der Waals surface area contributed by atoms with Crippen LogP contribution in [0, 0.1) is 0 Å². The third-order valence-corrected chi connectivity index (χ3v) is 5.47. The van der Waals surface area contributed by atoms with Crippen molar-refractivity contribution in [2.75, 3.05) is 7.11 Å². The number of methoxy groups -OCH3 is 1. The molecule has 2 aromatic carbocycles. The quantitative estimate of drug-likeness (QED) is 0.430. The first-order valence-corrected chi connectivity index (χ1v) is 9.74. The molecule has 0 unspecified atom stereocenters. The number of nitrogens with zero attached hydrogens (tertiary/aromatic N) is 6. The van der Waals surface area contributed by atoms with E-state index in [1.807, 2.05) is 51.6 Å². The summed E-state index contributed by atoms with van der Waals surface area (Å²) in [6.45, 7) is 0.830. The van der Waals surface area contributed by atoms with E-state index in [4.69, 9.17) is 20.8 Å². The summed E-state index contributed by atoms with van der Waals surface area (Å²) in [6.07, 6.45) is 1.78. The summed E-state index contributed by atoms with van der Waals surface area (Å²) in [4.78, 5) is 9.29. The van der Waals surface area contributed by atoms with Crippen LogP contribution in [-0.2, 0) is 17.9 Å². The number of rotatable bonds is 3. The number of hydrogen-bond acceptors (Lipinski definition) is 6. The van der Waals surface area contributed by atoms with Crippen molar-refractivity contribution >= 4 is 22.7 Å². The molecule has 148 valence electrons. The molecule has 0 radical (unpaired) electrons. The van der Waals surface area contributed by atoms with Gasteiger partial charge in [0.05, 0.1) is 17.9 Å². The summed E-state index contributed by atoms with van der Waals surface area (Å²) in [5.74, 6) is 1.92. The SMILES string of the molecule is COCc1nnc2n1Cc1c(-c3nc4ccccc4o3)ncn1-c1ccc(Cl)cc1-2. The Morgan fingerprint density at radius 3 is 2.93 bits per heavy atom. The first-order chi connectivity index (χ1) is 14.7. The largest absolute Gasteiger partial charge is 0.435 e. The zero-order chi connectivity index (χ0) is 20.2. The van der Waals surface area contributed by atoms with Crippen molar-refractivity contribution in [1.82, 2.24) is 29.3 Å². The van der Waals surface area contributed by atoms with Gasteiger partial charge in [0.15, 0.2) is 17.2 Å². The number of oxazole rings is 1. The smallest absolute Gasteiger partial charge is 0.248 e. The highest BCUT2D eigenvalue weighted by molar-refractivity contribution is 6.31. The lowest BCUT2D eigenvalue weighted by Crippen LogP contribution is -2.09. The Kier molecular flexibility index (Phi) is 3.77. The molecule has 0 fully saturated rings. The van der Waals surface area contributed by atoms with Crippen molar-refractivity contribution in [3.05, 3.63) is 65.3 Å². The molecule has 6 rings (SSSR count). The molecule has 1 aliphatic rings. The van der Waals surface area contributed by atoms with Gasteiger partial charge in [0.1, 0.15) is 24.1 Å². The molecule has 0 spiro atoms. The van der Waals surface area contributed by atoms with Gasteiger partial charge in [-0.05, 0) is 30.3 Å². The highest BCUT2D eigenvalue weighted by Crippen LogP contribution is 2.36. The minimum Gasteiger partial charge on any atom is -0.435 e. The summed E-state index contributed by atoms with van der Waals surface area (Å²) in [5.41, 5.74) is 4.90. The van der Waals surface area contributed by atoms with Crippen LogP contribution in [0.3, 0.4) is 0 Å². The highest BCUT2D eigenvalue weighted by atomic mass is 35.5. The van der Waals surface area contributed by atoms with Gasteiger partial charge < -0.3 is 13.7 Å². The van der Waals surface area contributed by atoms with E-state index in [0.717, 1.165) is 39.7 Å². The van der Waals surface area contributed by atoms with Gasteiger partial charge in [0.2, 0.25) is 5.89 Å². The van der Waals surface area contributed by atoms with Crippen LogP contribution in [-0.4, -0.2) is 36.4 Å². The predicted molar refractivity (Wildman–Crippen MR) is 110 cm³/mol. The first kappa shape index (κ1) is 17.4. The number of fused-ring (bicyclic) bond motifs is 6. The van der Waals surface area contributed by atoms with Crippen LogP contribution >= 0.6 is 11.6 Å². The molecular weight excluding hydrogens is 404 g/mol. The van der Waals surface area contributed by atoms with Gasteiger partial charge in [-0.15, -0.1) is 10.2 Å². The van der Waals surface area contributed by atoms with Crippen LogP contribution in [0.4, 0.5) is 0 Å². The lowest BCUT2D eigenvalue weighted by atomic mass is 10.1. The zero-order valence-corrected chi connectivity index (χ0v) is 16.7. The molecule has 0 saturated carbocycles. The zero-order valence-electron chi connectivity index (χ0n) is 15.9. The third-order valence-electron chi connectivity index (χ3n) is 5.23. The second kappa shape index (κ2) is 6.51. The number of ether oxygens (including phenoxy) is 1. The number of benzene rings is 2. The van der Waals surface area contributed by atoms with Crippen molar-refractivity contribution in [3.8, 4) is 28.7 Å². The van der Waals surface area contributed by atoms with Gasteiger partial charge >= 0.3 is 0 Å². The molecular formula is C21H15ClN6O2. The average Bonchev–Trinajstić information content (AvgIpc) is 3.44. The summed E-state index contributed by atoms with van der Waals surface area (Å²) in [7, 11) is 1.64. The third kappa shape index (κ3) is 2.51. The number of halogens is 1. The van der Waals surface area contributed by atoms with Crippen molar-refractivity contribution in [2.45, 2.75) is 13.2 Å². The maximum absolute atomic E-state index is 6.31. The van der Waals surface area contributed by atoms with Crippen molar-refractivity contribution in [1.29, 1.82) is 0 Å².